The highest BCUT2D eigenvalue weighted by atomic mass is 15.3. The minimum Gasteiger partial charge on any atom is -0.134 e. The summed E-state index contributed by atoms with van der Waals surface area (Å²) in [5, 5.41) is 14.1. The predicted octanol–water partition coefficient (Wildman–Crippen LogP) is 0.762. The van der Waals surface area contributed by atoms with E-state index in [1.54, 1.807) is 0 Å². The molecule has 3 nitrogen and oxygen atoms in total. The van der Waals surface area contributed by atoms with E-state index in [2.05, 4.69) is 60.5 Å². The van der Waals surface area contributed by atoms with Crippen molar-refractivity contribution in [2.45, 2.75) is 26.7 Å². The maximum absolute atomic E-state index is 4.11. The number of aromatic nitrogens is 3. The Morgan fingerprint density at radius 1 is 1.27 bits per heavy atom. The van der Waals surface area contributed by atoms with Crippen molar-refractivity contribution in [3.63, 3.8) is 0 Å². The van der Waals surface area contributed by atoms with E-state index >= 15 is 0 Å². The highest BCUT2D eigenvalue weighted by molar-refractivity contribution is 5.45. The van der Waals surface area contributed by atoms with Crippen molar-refractivity contribution >= 4 is 12.2 Å². The zero-order valence-electron chi connectivity index (χ0n) is 9.31. The normalized spacial score (nSPS) is 19.1. The van der Waals surface area contributed by atoms with Gasteiger partial charge in [0.25, 0.3) is 0 Å². The third-order valence-corrected chi connectivity index (χ3v) is 2.50. The van der Waals surface area contributed by atoms with Gasteiger partial charge < -0.3 is 0 Å². The summed E-state index contributed by atoms with van der Waals surface area (Å²) in [7, 11) is 0. The van der Waals surface area contributed by atoms with Crippen LogP contribution in [0.15, 0.2) is 12.2 Å². The minimum absolute atomic E-state index is 0.376. The fraction of sp³-hybridized carbons (Fsp3) is 0.417. The summed E-state index contributed by atoms with van der Waals surface area (Å²) in [5.41, 5.74) is 1.02. The van der Waals surface area contributed by atoms with Gasteiger partial charge in [-0.15, -0.1) is 10.2 Å². The van der Waals surface area contributed by atoms with E-state index in [4.69, 9.17) is 0 Å². The second-order valence-electron chi connectivity index (χ2n) is 4.21. The highest BCUT2D eigenvalue weighted by Crippen LogP contribution is 2.05. The van der Waals surface area contributed by atoms with Gasteiger partial charge in [-0.05, 0) is 23.1 Å². The van der Waals surface area contributed by atoms with E-state index in [1.165, 1.54) is 0 Å². The zero-order chi connectivity index (χ0) is 10.8. The molecule has 1 aliphatic rings. The van der Waals surface area contributed by atoms with E-state index in [-0.39, 0.29) is 0 Å². The SMILES string of the molecule is CC1C=CC=c2c(C(C)C)nnnc2=C1. The fourth-order valence-electron chi connectivity index (χ4n) is 1.71. The zero-order valence-corrected chi connectivity index (χ0v) is 9.31. The number of hydrogen-bond acceptors (Lipinski definition) is 3. The van der Waals surface area contributed by atoms with Crippen LogP contribution in [0.1, 0.15) is 32.4 Å². The monoisotopic (exact) mass is 201 g/mol. The molecule has 0 fully saturated rings. The Morgan fingerprint density at radius 2 is 2.07 bits per heavy atom. The van der Waals surface area contributed by atoms with Crippen LogP contribution in [0.2, 0.25) is 0 Å². The molecule has 0 aromatic carbocycles. The van der Waals surface area contributed by atoms with Gasteiger partial charge in [-0.3, -0.25) is 0 Å². The minimum atomic E-state index is 0.376. The average Bonchev–Trinajstić information content (AvgIpc) is 2.37. The largest absolute Gasteiger partial charge is 0.134 e. The van der Waals surface area contributed by atoms with E-state index in [9.17, 15) is 0 Å². The van der Waals surface area contributed by atoms with Crippen molar-refractivity contribution in [3.05, 3.63) is 28.4 Å². The molecule has 3 heteroatoms. The second-order valence-corrected chi connectivity index (χ2v) is 4.21. The lowest BCUT2D eigenvalue weighted by molar-refractivity contribution is 0.718. The molecule has 0 saturated heterocycles. The van der Waals surface area contributed by atoms with Crippen molar-refractivity contribution < 1.29 is 0 Å². The number of fused-ring (bicyclic) bond motifs is 1. The number of hydrogen-bond donors (Lipinski definition) is 0. The molecule has 0 spiro atoms. The van der Waals surface area contributed by atoms with Gasteiger partial charge in [-0.1, -0.05) is 39.0 Å². The summed E-state index contributed by atoms with van der Waals surface area (Å²) in [4.78, 5) is 0. The summed E-state index contributed by atoms with van der Waals surface area (Å²) in [6, 6.07) is 0. The summed E-state index contributed by atoms with van der Waals surface area (Å²) in [5.74, 6) is 0.778. The van der Waals surface area contributed by atoms with Gasteiger partial charge in [0.05, 0.1) is 11.0 Å². The third-order valence-electron chi connectivity index (χ3n) is 2.50. The van der Waals surface area contributed by atoms with Crippen LogP contribution in [-0.4, -0.2) is 15.4 Å². The lowest BCUT2D eigenvalue weighted by Gasteiger charge is -2.02. The first-order valence-electron chi connectivity index (χ1n) is 5.28. The van der Waals surface area contributed by atoms with Crippen LogP contribution in [-0.2, 0) is 0 Å². The lowest BCUT2D eigenvalue weighted by atomic mass is 10.1. The summed E-state index contributed by atoms with van der Waals surface area (Å²) >= 11 is 0. The van der Waals surface area contributed by atoms with Gasteiger partial charge in [-0.25, -0.2) is 0 Å². The predicted molar refractivity (Wildman–Crippen MR) is 60.4 cm³/mol. The van der Waals surface area contributed by atoms with Crippen LogP contribution in [0.5, 0.6) is 0 Å². The first-order valence-corrected chi connectivity index (χ1v) is 5.28. The Morgan fingerprint density at radius 3 is 2.80 bits per heavy atom. The molecule has 1 heterocycles. The molecule has 0 saturated carbocycles. The number of rotatable bonds is 1. The second kappa shape index (κ2) is 3.93. The Hall–Kier alpha value is -1.51. The van der Waals surface area contributed by atoms with Crippen LogP contribution in [0.25, 0.3) is 12.2 Å². The van der Waals surface area contributed by atoms with Crippen LogP contribution in [0.3, 0.4) is 0 Å². The average molecular weight is 201 g/mol. The third kappa shape index (κ3) is 1.96. The maximum atomic E-state index is 4.11. The van der Waals surface area contributed by atoms with Gasteiger partial charge in [0.2, 0.25) is 0 Å². The van der Waals surface area contributed by atoms with Crippen molar-refractivity contribution in [1.82, 2.24) is 15.4 Å². The Kier molecular flexibility index (Phi) is 2.62. The highest BCUT2D eigenvalue weighted by Gasteiger charge is 2.06. The smallest absolute Gasteiger partial charge is 0.0932 e. The Balaban J connectivity index is 2.76. The van der Waals surface area contributed by atoms with E-state index in [0.717, 1.165) is 16.3 Å². The molecule has 1 aromatic heterocycles. The van der Waals surface area contributed by atoms with Gasteiger partial charge in [-0.2, -0.15) is 0 Å². The molecule has 0 N–H and O–H groups in total. The number of allylic oxidation sites excluding steroid dienone is 2. The summed E-state index contributed by atoms with van der Waals surface area (Å²) in [6.07, 6.45) is 8.41. The molecule has 78 valence electrons. The quantitative estimate of drug-likeness (QED) is 0.673. The molecule has 2 rings (SSSR count). The van der Waals surface area contributed by atoms with E-state index in [1.807, 2.05) is 0 Å². The van der Waals surface area contributed by atoms with E-state index < -0.39 is 0 Å². The molecule has 0 bridgehead atoms. The molecule has 0 radical (unpaired) electrons. The molecule has 1 aromatic rings. The Bertz CT molecular complexity index is 500. The molecule has 1 unspecified atom stereocenters. The Labute approximate surface area is 89.2 Å². The van der Waals surface area contributed by atoms with Crippen molar-refractivity contribution in [1.29, 1.82) is 0 Å². The van der Waals surface area contributed by atoms with Crippen LogP contribution in [0.4, 0.5) is 0 Å². The molecule has 0 aliphatic heterocycles. The van der Waals surface area contributed by atoms with Crippen LogP contribution < -0.4 is 10.6 Å². The van der Waals surface area contributed by atoms with Gasteiger partial charge in [0.15, 0.2) is 0 Å². The van der Waals surface area contributed by atoms with Crippen molar-refractivity contribution in [2.75, 3.05) is 0 Å². The maximum Gasteiger partial charge on any atom is 0.0932 e. The van der Waals surface area contributed by atoms with E-state index in [0.29, 0.717) is 11.8 Å². The first-order chi connectivity index (χ1) is 7.18. The van der Waals surface area contributed by atoms with Gasteiger partial charge in [0, 0.05) is 5.22 Å². The van der Waals surface area contributed by atoms with Crippen LogP contribution >= 0.6 is 0 Å². The lowest BCUT2D eigenvalue weighted by Crippen LogP contribution is -2.35. The molecule has 1 aliphatic carbocycles. The molecule has 0 amide bonds. The van der Waals surface area contributed by atoms with Gasteiger partial charge in [0.1, 0.15) is 0 Å². The molecule has 15 heavy (non-hydrogen) atoms. The molecular formula is C12H15N3. The fourth-order valence-corrected chi connectivity index (χ4v) is 1.71. The first kappa shape index (κ1) is 10.0. The molecule has 1 atom stereocenters. The standard InChI is InChI=1S/C12H15N3/c1-8(2)12-10-6-4-5-9(3)7-11(10)13-15-14-12/h4-9H,1-3H3. The summed E-state index contributed by atoms with van der Waals surface area (Å²) < 4.78 is 0. The summed E-state index contributed by atoms with van der Waals surface area (Å²) in [6.45, 7) is 6.38. The van der Waals surface area contributed by atoms with Crippen molar-refractivity contribution in [2.24, 2.45) is 5.92 Å². The topological polar surface area (TPSA) is 38.7 Å². The van der Waals surface area contributed by atoms with Crippen LogP contribution in [0, 0.1) is 5.92 Å². The van der Waals surface area contributed by atoms with Gasteiger partial charge >= 0.3 is 0 Å². The molecular weight excluding hydrogens is 186 g/mol. The van der Waals surface area contributed by atoms with Crippen molar-refractivity contribution in [3.8, 4) is 0 Å². The number of nitrogens with zero attached hydrogens (tertiary/aromatic N) is 3.